The Bertz CT molecular complexity index is 868. The van der Waals surface area contributed by atoms with Gasteiger partial charge in [0.1, 0.15) is 18.3 Å². The predicted molar refractivity (Wildman–Crippen MR) is 91.5 cm³/mol. The van der Waals surface area contributed by atoms with Gasteiger partial charge in [0, 0.05) is 13.7 Å². The molecule has 0 saturated carbocycles. The van der Waals surface area contributed by atoms with Crippen molar-refractivity contribution in [1.82, 2.24) is 9.13 Å². The third-order valence-electron chi connectivity index (χ3n) is 5.64. The molecule has 4 atom stereocenters. The van der Waals surface area contributed by atoms with Crippen molar-refractivity contribution >= 4 is 11.0 Å². The van der Waals surface area contributed by atoms with Gasteiger partial charge in [0.2, 0.25) is 0 Å². The Labute approximate surface area is 145 Å². The third-order valence-corrected chi connectivity index (χ3v) is 5.64. The number of methoxy groups -OCH3 is 1. The molecule has 0 amide bonds. The number of benzene rings is 1. The molecule has 7 heteroatoms. The second kappa shape index (κ2) is 5.67. The highest BCUT2D eigenvalue weighted by Gasteiger charge is 2.43. The zero-order valence-corrected chi connectivity index (χ0v) is 14.7. The summed E-state index contributed by atoms with van der Waals surface area (Å²) in [6.07, 6.45) is -2.90. The topological polar surface area (TPSA) is 85.9 Å². The molecule has 2 aromatic rings. The summed E-state index contributed by atoms with van der Waals surface area (Å²) in [5, 5.41) is 20.2. The van der Waals surface area contributed by atoms with Crippen molar-refractivity contribution in [3.63, 3.8) is 0 Å². The molecular weight excluding hydrogens is 324 g/mol. The van der Waals surface area contributed by atoms with Crippen molar-refractivity contribution < 1.29 is 19.7 Å². The van der Waals surface area contributed by atoms with Crippen LogP contribution in [0.25, 0.3) is 11.0 Å². The number of hydrogen-bond acceptors (Lipinski definition) is 5. The maximum Gasteiger partial charge on any atom is 0.329 e. The van der Waals surface area contributed by atoms with Crippen LogP contribution in [0.4, 0.5) is 0 Å². The number of aryl methyl sites for hydroxylation is 1. The first-order chi connectivity index (χ1) is 11.8. The third kappa shape index (κ3) is 2.38. The van der Waals surface area contributed by atoms with Crippen molar-refractivity contribution in [2.24, 2.45) is 0 Å². The molecule has 2 aliphatic heterocycles. The minimum Gasteiger partial charge on any atom is -0.387 e. The molecule has 1 aromatic heterocycles. The number of ether oxygens (including phenoxy) is 2. The first-order valence-electron chi connectivity index (χ1n) is 8.62. The maximum atomic E-state index is 12.9. The van der Waals surface area contributed by atoms with Crippen molar-refractivity contribution in [3.05, 3.63) is 34.2 Å². The average Bonchev–Trinajstić information content (AvgIpc) is 3.01. The van der Waals surface area contributed by atoms with Gasteiger partial charge in [-0.2, -0.15) is 0 Å². The van der Waals surface area contributed by atoms with E-state index in [1.807, 2.05) is 16.7 Å². The summed E-state index contributed by atoms with van der Waals surface area (Å²) in [4.78, 5) is 12.9. The molecular formula is C18H24N2O5. The van der Waals surface area contributed by atoms with Crippen LogP contribution in [0.3, 0.4) is 0 Å². The lowest BCUT2D eigenvalue weighted by Crippen LogP contribution is -2.37. The second-order valence-corrected chi connectivity index (χ2v) is 7.61. The van der Waals surface area contributed by atoms with Gasteiger partial charge in [-0.3, -0.25) is 9.13 Å². The first kappa shape index (κ1) is 16.8. The fraction of sp³-hybridized carbons (Fsp3) is 0.611. The molecule has 4 rings (SSSR count). The van der Waals surface area contributed by atoms with E-state index in [0.717, 1.165) is 23.0 Å². The van der Waals surface area contributed by atoms with Gasteiger partial charge in [-0.05, 0) is 23.5 Å². The Morgan fingerprint density at radius 2 is 2.08 bits per heavy atom. The van der Waals surface area contributed by atoms with E-state index >= 15 is 0 Å². The van der Waals surface area contributed by atoms with Crippen LogP contribution in [-0.2, 0) is 28.0 Å². The number of aliphatic hydroxyl groups is 2. The second-order valence-electron chi connectivity index (χ2n) is 7.61. The Balaban J connectivity index is 1.79. The summed E-state index contributed by atoms with van der Waals surface area (Å²) >= 11 is 0. The molecule has 0 aliphatic carbocycles. The van der Waals surface area contributed by atoms with Crippen molar-refractivity contribution in [2.45, 2.75) is 63.4 Å². The predicted octanol–water partition coefficient (Wildman–Crippen LogP) is 0.577. The maximum absolute atomic E-state index is 12.9. The standard InChI is InChI=1S/C18H24N2O5/c1-18(2)7-8-19-13-10(18)5-4-6-11(13)20(17(19)23)9-12-14(21)15(22)16(24-3)25-12/h4-6,12,14-16,21-22H,7-9H2,1-3H3. The molecule has 136 valence electrons. The molecule has 4 unspecified atom stereocenters. The number of imidazole rings is 1. The van der Waals surface area contributed by atoms with Crippen LogP contribution in [0.1, 0.15) is 25.8 Å². The smallest absolute Gasteiger partial charge is 0.329 e. The van der Waals surface area contributed by atoms with Gasteiger partial charge in [-0.25, -0.2) is 4.79 Å². The molecule has 0 spiro atoms. The highest BCUT2D eigenvalue weighted by molar-refractivity contribution is 5.81. The van der Waals surface area contributed by atoms with Crippen molar-refractivity contribution in [3.8, 4) is 0 Å². The van der Waals surface area contributed by atoms with Crippen molar-refractivity contribution in [2.75, 3.05) is 7.11 Å². The Kier molecular flexibility index (Phi) is 3.81. The Morgan fingerprint density at radius 1 is 1.32 bits per heavy atom. The Morgan fingerprint density at radius 3 is 2.76 bits per heavy atom. The largest absolute Gasteiger partial charge is 0.387 e. The van der Waals surface area contributed by atoms with Gasteiger partial charge >= 0.3 is 5.69 Å². The van der Waals surface area contributed by atoms with E-state index in [0.29, 0.717) is 6.54 Å². The van der Waals surface area contributed by atoms with Gasteiger partial charge in [0.05, 0.1) is 17.6 Å². The van der Waals surface area contributed by atoms with E-state index in [2.05, 4.69) is 19.9 Å². The molecule has 25 heavy (non-hydrogen) atoms. The summed E-state index contributed by atoms with van der Waals surface area (Å²) in [7, 11) is 1.41. The monoisotopic (exact) mass is 348 g/mol. The molecule has 3 heterocycles. The first-order valence-corrected chi connectivity index (χ1v) is 8.62. The summed E-state index contributed by atoms with van der Waals surface area (Å²) in [5.41, 5.74) is 2.86. The lowest BCUT2D eigenvalue weighted by atomic mass is 9.79. The molecule has 1 saturated heterocycles. The van der Waals surface area contributed by atoms with E-state index in [1.165, 1.54) is 7.11 Å². The summed E-state index contributed by atoms with van der Waals surface area (Å²) < 4.78 is 14.1. The summed E-state index contributed by atoms with van der Waals surface area (Å²) in [5.74, 6) is 0. The number of nitrogens with zero attached hydrogens (tertiary/aromatic N) is 2. The number of aliphatic hydroxyl groups excluding tert-OH is 2. The van der Waals surface area contributed by atoms with E-state index < -0.39 is 24.6 Å². The molecule has 0 bridgehead atoms. The van der Waals surface area contributed by atoms with Crippen LogP contribution in [0.5, 0.6) is 0 Å². The minimum absolute atomic E-state index is 0.0127. The highest BCUT2D eigenvalue weighted by atomic mass is 16.7. The molecule has 2 N–H and O–H groups in total. The molecule has 0 radical (unpaired) electrons. The van der Waals surface area contributed by atoms with Crippen LogP contribution in [-0.4, -0.2) is 51.1 Å². The van der Waals surface area contributed by atoms with Crippen LogP contribution >= 0.6 is 0 Å². The van der Waals surface area contributed by atoms with Gasteiger partial charge in [0.15, 0.2) is 6.29 Å². The normalized spacial score (nSPS) is 30.9. The number of aromatic nitrogens is 2. The fourth-order valence-corrected chi connectivity index (χ4v) is 4.07. The zero-order valence-electron chi connectivity index (χ0n) is 14.7. The summed E-state index contributed by atoms with van der Waals surface area (Å²) in [6.45, 7) is 5.22. The van der Waals surface area contributed by atoms with Gasteiger partial charge in [-0.1, -0.05) is 26.0 Å². The van der Waals surface area contributed by atoms with E-state index in [-0.39, 0.29) is 17.6 Å². The van der Waals surface area contributed by atoms with Gasteiger partial charge < -0.3 is 19.7 Å². The average molecular weight is 348 g/mol. The molecule has 7 nitrogen and oxygen atoms in total. The molecule has 1 fully saturated rings. The Hall–Kier alpha value is -1.67. The number of hydrogen-bond donors (Lipinski definition) is 2. The fourth-order valence-electron chi connectivity index (χ4n) is 4.07. The lowest BCUT2D eigenvalue weighted by molar-refractivity contribution is -0.150. The number of rotatable bonds is 3. The lowest BCUT2D eigenvalue weighted by Gasteiger charge is -2.30. The van der Waals surface area contributed by atoms with Crippen molar-refractivity contribution in [1.29, 1.82) is 0 Å². The summed E-state index contributed by atoms with van der Waals surface area (Å²) in [6, 6.07) is 5.96. The molecule has 2 aliphatic rings. The quantitative estimate of drug-likeness (QED) is 0.847. The van der Waals surface area contributed by atoms with Gasteiger partial charge in [-0.15, -0.1) is 0 Å². The highest BCUT2D eigenvalue weighted by Crippen LogP contribution is 2.37. The van der Waals surface area contributed by atoms with E-state index in [9.17, 15) is 15.0 Å². The van der Waals surface area contributed by atoms with E-state index in [1.54, 1.807) is 4.57 Å². The van der Waals surface area contributed by atoms with Crippen LogP contribution in [0, 0.1) is 0 Å². The van der Waals surface area contributed by atoms with Crippen LogP contribution in [0.2, 0.25) is 0 Å². The van der Waals surface area contributed by atoms with Gasteiger partial charge in [0.25, 0.3) is 0 Å². The molecule has 1 aromatic carbocycles. The minimum atomic E-state index is -1.12. The van der Waals surface area contributed by atoms with E-state index in [4.69, 9.17) is 9.47 Å². The zero-order chi connectivity index (χ0) is 17.9. The SMILES string of the molecule is COC1OC(Cn2c(=O)n3c4c(cccc42)C(C)(C)CC3)C(O)C1O. The number of para-hydroxylation sites is 1. The van der Waals surface area contributed by atoms with Crippen LogP contribution < -0.4 is 5.69 Å². The van der Waals surface area contributed by atoms with Crippen LogP contribution in [0.15, 0.2) is 23.0 Å².